The summed E-state index contributed by atoms with van der Waals surface area (Å²) in [7, 11) is 2.09. The van der Waals surface area contributed by atoms with Crippen molar-refractivity contribution in [2.75, 3.05) is 38.1 Å². The van der Waals surface area contributed by atoms with Crippen LogP contribution >= 0.6 is 0 Å². The summed E-state index contributed by atoms with van der Waals surface area (Å²) in [6.07, 6.45) is 4.93. The van der Waals surface area contributed by atoms with Crippen molar-refractivity contribution in [3.05, 3.63) is 59.7 Å². The Labute approximate surface area is 176 Å². The molecule has 2 aliphatic heterocycles. The molecule has 0 saturated carbocycles. The van der Waals surface area contributed by atoms with Gasteiger partial charge in [0.1, 0.15) is 17.2 Å². The van der Waals surface area contributed by atoms with Crippen LogP contribution in [0, 0.1) is 6.92 Å². The highest BCUT2D eigenvalue weighted by Crippen LogP contribution is 2.39. The molecule has 0 radical (unpaired) electrons. The zero-order valence-electron chi connectivity index (χ0n) is 17.6. The number of fused-ring (bicyclic) bond motifs is 1. The number of aromatic nitrogens is 3. The normalized spacial score (nSPS) is 23.3. The van der Waals surface area contributed by atoms with Crippen LogP contribution in [-0.4, -0.2) is 58.3 Å². The second kappa shape index (κ2) is 7.81. The number of Topliss-reactive ketones (excluding diaryl/α,β-unsaturated/α-hetero) is 1. The lowest BCUT2D eigenvalue weighted by molar-refractivity contribution is -0.125. The average molecular weight is 405 g/mol. The number of hydrogen-bond acceptors (Lipinski definition) is 6. The fraction of sp³-hybridized carbons (Fsp3) is 0.435. The SMILES string of the molecule is Cc1cccnc1C1CC(=O)CC(c2cn3c(N4CCNCC4)cccc3n2)N1C. The van der Waals surface area contributed by atoms with E-state index in [1.165, 1.54) is 0 Å². The Morgan fingerprint density at radius 3 is 2.67 bits per heavy atom. The predicted octanol–water partition coefficient (Wildman–Crippen LogP) is 2.52. The molecule has 2 atom stereocenters. The minimum atomic E-state index is -0.0478. The number of likely N-dealkylation sites (tertiary alicyclic amines) is 1. The summed E-state index contributed by atoms with van der Waals surface area (Å²) in [4.78, 5) is 26.9. The minimum absolute atomic E-state index is 0.0186. The number of hydrogen-bond donors (Lipinski definition) is 1. The number of rotatable bonds is 3. The first-order valence-corrected chi connectivity index (χ1v) is 10.7. The van der Waals surface area contributed by atoms with E-state index in [2.05, 4.69) is 62.9 Å². The van der Waals surface area contributed by atoms with E-state index in [0.717, 1.165) is 54.6 Å². The molecule has 3 aromatic rings. The number of anilines is 1. The number of ketones is 1. The zero-order chi connectivity index (χ0) is 20.7. The molecular formula is C23H28N6O. The van der Waals surface area contributed by atoms with Crippen molar-refractivity contribution >= 4 is 17.2 Å². The number of nitrogens with one attached hydrogen (secondary N) is 1. The summed E-state index contributed by atoms with van der Waals surface area (Å²) in [6.45, 7) is 6.01. The van der Waals surface area contributed by atoms with Crippen molar-refractivity contribution in [2.45, 2.75) is 31.8 Å². The van der Waals surface area contributed by atoms with Gasteiger partial charge in [-0.05, 0) is 37.7 Å². The number of carbonyl (C=O) groups excluding carboxylic acids is 1. The molecule has 0 spiro atoms. The molecule has 2 fully saturated rings. The van der Waals surface area contributed by atoms with Crippen molar-refractivity contribution < 1.29 is 4.79 Å². The second-order valence-corrected chi connectivity index (χ2v) is 8.36. The van der Waals surface area contributed by atoms with Crippen LogP contribution in [0.25, 0.3) is 5.65 Å². The molecule has 2 saturated heterocycles. The van der Waals surface area contributed by atoms with Crippen molar-refractivity contribution in [1.82, 2.24) is 24.6 Å². The lowest BCUT2D eigenvalue weighted by atomic mass is 9.90. The second-order valence-electron chi connectivity index (χ2n) is 8.36. The van der Waals surface area contributed by atoms with Crippen molar-refractivity contribution in [1.29, 1.82) is 0 Å². The molecular weight excluding hydrogens is 376 g/mol. The number of pyridine rings is 2. The first-order chi connectivity index (χ1) is 14.6. The Hall–Kier alpha value is -2.77. The van der Waals surface area contributed by atoms with E-state index in [9.17, 15) is 4.79 Å². The number of piperazine rings is 1. The monoisotopic (exact) mass is 404 g/mol. The third kappa shape index (κ3) is 3.38. The summed E-state index contributed by atoms with van der Waals surface area (Å²) in [6, 6.07) is 10.2. The first kappa shape index (κ1) is 19.2. The van der Waals surface area contributed by atoms with E-state index in [1.54, 1.807) is 0 Å². The Kier molecular flexibility index (Phi) is 5.00. The molecule has 2 aliphatic rings. The van der Waals surface area contributed by atoms with Gasteiger partial charge in [-0.3, -0.25) is 19.1 Å². The number of nitrogens with zero attached hydrogens (tertiary/aromatic N) is 5. The molecule has 0 aromatic carbocycles. The Bertz CT molecular complexity index is 1070. The molecule has 0 bridgehead atoms. The molecule has 7 nitrogen and oxygen atoms in total. The van der Waals surface area contributed by atoms with Gasteiger partial charge in [-0.25, -0.2) is 4.98 Å². The van der Waals surface area contributed by atoms with Gasteiger partial charge in [-0.15, -0.1) is 0 Å². The van der Waals surface area contributed by atoms with Gasteiger partial charge in [0.25, 0.3) is 0 Å². The highest BCUT2D eigenvalue weighted by molar-refractivity contribution is 5.81. The smallest absolute Gasteiger partial charge is 0.138 e. The summed E-state index contributed by atoms with van der Waals surface area (Å²) in [5.41, 5.74) is 3.99. The average Bonchev–Trinajstić information content (AvgIpc) is 3.20. The number of imidazole rings is 1. The van der Waals surface area contributed by atoms with Gasteiger partial charge in [0, 0.05) is 51.4 Å². The molecule has 1 N–H and O–H groups in total. The predicted molar refractivity (Wildman–Crippen MR) is 117 cm³/mol. The van der Waals surface area contributed by atoms with Crippen LogP contribution in [0.3, 0.4) is 0 Å². The standard InChI is InChI=1S/C23H28N6O/c1-16-5-4-8-25-23(16)20-14-17(30)13-19(27(20)2)18-15-29-21(26-18)6-3-7-22(29)28-11-9-24-10-12-28/h3-8,15,19-20,24H,9-14H2,1-2H3. The summed E-state index contributed by atoms with van der Waals surface area (Å²) >= 11 is 0. The summed E-state index contributed by atoms with van der Waals surface area (Å²) in [5.74, 6) is 1.43. The molecule has 30 heavy (non-hydrogen) atoms. The lowest BCUT2D eigenvalue weighted by Crippen LogP contribution is -2.44. The van der Waals surface area contributed by atoms with E-state index < -0.39 is 0 Å². The van der Waals surface area contributed by atoms with Gasteiger partial charge in [-0.2, -0.15) is 0 Å². The molecule has 0 aliphatic carbocycles. The van der Waals surface area contributed by atoms with E-state index in [4.69, 9.17) is 4.98 Å². The van der Waals surface area contributed by atoms with Gasteiger partial charge in [0.05, 0.1) is 23.5 Å². The molecule has 3 aromatic heterocycles. The zero-order valence-corrected chi connectivity index (χ0v) is 17.6. The molecule has 0 amide bonds. The maximum absolute atomic E-state index is 12.7. The molecule has 2 unspecified atom stereocenters. The molecule has 5 heterocycles. The van der Waals surface area contributed by atoms with E-state index in [-0.39, 0.29) is 17.9 Å². The number of carbonyl (C=O) groups is 1. The van der Waals surface area contributed by atoms with Gasteiger partial charge in [-0.1, -0.05) is 12.1 Å². The summed E-state index contributed by atoms with van der Waals surface area (Å²) in [5, 5.41) is 3.41. The molecule has 7 heteroatoms. The lowest BCUT2D eigenvalue weighted by Gasteiger charge is -2.38. The summed E-state index contributed by atoms with van der Waals surface area (Å²) < 4.78 is 2.18. The number of aryl methyl sites for hydroxylation is 1. The van der Waals surface area contributed by atoms with Crippen molar-refractivity contribution in [3.63, 3.8) is 0 Å². The highest BCUT2D eigenvalue weighted by Gasteiger charge is 2.36. The highest BCUT2D eigenvalue weighted by atomic mass is 16.1. The van der Waals surface area contributed by atoms with Gasteiger partial charge in [0.15, 0.2) is 0 Å². The van der Waals surface area contributed by atoms with E-state index in [0.29, 0.717) is 12.8 Å². The van der Waals surface area contributed by atoms with Crippen LogP contribution in [0.1, 0.15) is 41.9 Å². The van der Waals surface area contributed by atoms with Crippen molar-refractivity contribution in [2.24, 2.45) is 0 Å². The van der Waals surface area contributed by atoms with E-state index in [1.807, 2.05) is 18.3 Å². The van der Waals surface area contributed by atoms with Crippen LogP contribution in [0.4, 0.5) is 5.82 Å². The van der Waals surface area contributed by atoms with Gasteiger partial charge < -0.3 is 10.2 Å². The fourth-order valence-corrected chi connectivity index (χ4v) is 4.80. The van der Waals surface area contributed by atoms with Crippen LogP contribution in [0.15, 0.2) is 42.7 Å². The van der Waals surface area contributed by atoms with Gasteiger partial charge in [0.2, 0.25) is 0 Å². The van der Waals surface area contributed by atoms with Crippen LogP contribution in [0.2, 0.25) is 0 Å². The van der Waals surface area contributed by atoms with Crippen LogP contribution < -0.4 is 10.2 Å². The molecule has 156 valence electrons. The fourth-order valence-electron chi connectivity index (χ4n) is 4.80. The Morgan fingerprint density at radius 2 is 1.87 bits per heavy atom. The largest absolute Gasteiger partial charge is 0.355 e. The van der Waals surface area contributed by atoms with Crippen LogP contribution in [0.5, 0.6) is 0 Å². The Morgan fingerprint density at radius 1 is 1.07 bits per heavy atom. The first-order valence-electron chi connectivity index (χ1n) is 10.7. The number of piperidine rings is 1. The quantitative estimate of drug-likeness (QED) is 0.724. The van der Waals surface area contributed by atoms with Gasteiger partial charge >= 0.3 is 0 Å². The van der Waals surface area contributed by atoms with Crippen molar-refractivity contribution in [3.8, 4) is 0 Å². The topological polar surface area (TPSA) is 65.8 Å². The third-order valence-corrected chi connectivity index (χ3v) is 6.46. The molecule has 5 rings (SSSR count). The maximum Gasteiger partial charge on any atom is 0.138 e. The third-order valence-electron chi connectivity index (χ3n) is 6.46. The maximum atomic E-state index is 12.7. The minimum Gasteiger partial charge on any atom is -0.355 e. The van der Waals surface area contributed by atoms with Crippen LogP contribution in [-0.2, 0) is 4.79 Å². The van der Waals surface area contributed by atoms with E-state index >= 15 is 0 Å². The Balaban J connectivity index is 1.51.